The summed E-state index contributed by atoms with van der Waals surface area (Å²) in [4.78, 5) is 16.9. The molecule has 28 heavy (non-hydrogen) atoms. The molecule has 4 nitrogen and oxygen atoms in total. The van der Waals surface area contributed by atoms with Gasteiger partial charge in [-0.3, -0.25) is 4.79 Å². The molecule has 0 unspecified atom stereocenters. The van der Waals surface area contributed by atoms with Gasteiger partial charge in [-0.25, -0.2) is 4.98 Å². The number of fused-ring (bicyclic) bond motifs is 2. The van der Waals surface area contributed by atoms with Gasteiger partial charge in [-0.05, 0) is 28.5 Å². The molecule has 0 saturated carbocycles. The Bertz CT molecular complexity index is 1270. The summed E-state index contributed by atoms with van der Waals surface area (Å²) in [5.74, 6) is 0.619. The molecule has 0 atom stereocenters. The van der Waals surface area contributed by atoms with E-state index in [2.05, 4.69) is 28.5 Å². The molecule has 0 aliphatic rings. The standard InChI is InChI=1S/C23H16N2O2S/c26-22(12-15-9-10-16-5-1-2-6-17(16)11-15)25-23-24-19(14-28-23)21-13-18-7-3-4-8-20(18)27-21/h1-11,13-14H,12H2,(H,24,25,26). The summed E-state index contributed by atoms with van der Waals surface area (Å²) in [7, 11) is 0. The van der Waals surface area contributed by atoms with Crippen LogP contribution in [0.1, 0.15) is 5.56 Å². The summed E-state index contributed by atoms with van der Waals surface area (Å²) in [6.07, 6.45) is 0.310. The van der Waals surface area contributed by atoms with Crippen molar-refractivity contribution in [1.29, 1.82) is 0 Å². The molecule has 0 aliphatic carbocycles. The lowest BCUT2D eigenvalue weighted by molar-refractivity contribution is -0.115. The van der Waals surface area contributed by atoms with Crippen LogP contribution >= 0.6 is 11.3 Å². The van der Waals surface area contributed by atoms with Gasteiger partial charge >= 0.3 is 0 Å². The minimum atomic E-state index is -0.0826. The van der Waals surface area contributed by atoms with E-state index in [1.807, 2.05) is 60.0 Å². The van der Waals surface area contributed by atoms with E-state index in [4.69, 9.17) is 4.42 Å². The normalized spacial score (nSPS) is 11.1. The Morgan fingerprint density at radius 1 is 0.929 bits per heavy atom. The van der Waals surface area contributed by atoms with Crippen LogP contribution in [0.2, 0.25) is 0 Å². The number of carbonyl (C=O) groups is 1. The lowest BCUT2D eigenvalue weighted by atomic mass is 10.1. The molecule has 5 heteroatoms. The molecule has 1 N–H and O–H groups in total. The molecule has 2 aromatic heterocycles. The van der Waals surface area contributed by atoms with Crippen molar-refractivity contribution in [2.24, 2.45) is 0 Å². The van der Waals surface area contributed by atoms with Crippen LogP contribution < -0.4 is 5.32 Å². The first-order chi connectivity index (χ1) is 13.7. The molecule has 0 spiro atoms. The SMILES string of the molecule is O=C(Cc1ccc2ccccc2c1)Nc1nc(-c2cc3ccccc3o2)cs1. The average molecular weight is 384 g/mol. The number of hydrogen-bond acceptors (Lipinski definition) is 4. The number of benzene rings is 3. The van der Waals surface area contributed by atoms with E-state index < -0.39 is 0 Å². The number of nitrogens with zero attached hydrogens (tertiary/aromatic N) is 1. The monoisotopic (exact) mass is 384 g/mol. The first-order valence-corrected chi connectivity index (χ1v) is 9.84. The van der Waals surface area contributed by atoms with Gasteiger partial charge in [0.25, 0.3) is 0 Å². The van der Waals surface area contributed by atoms with Crippen molar-refractivity contribution < 1.29 is 9.21 Å². The zero-order chi connectivity index (χ0) is 18.9. The van der Waals surface area contributed by atoms with Crippen LogP contribution in [-0.4, -0.2) is 10.9 Å². The van der Waals surface area contributed by atoms with Crippen LogP contribution in [0, 0.1) is 0 Å². The van der Waals surface area contributed by atoms with E-state index in [1.165, 1.54) is 16.7 Å². The van der Waals surface area contributed by atoms with Gasteiger partial charge in [-0.15, -0.1) is 11.3 Å². The molecule has 0 aliphatic heterocycles. The second-order valence-electron chi connectivity index (χ2n) is 6.59. The highest BCUT2D eigenvalue weighted by atomic mass is 32.1. The molecule has 5 aromatic rings. The molecule has 136 valence electrons. The Kier molecular flexibility index (Phi) is 4.14. The van der Waals surface area contributed by atoms with E-state index in [-0.39, 0.29) is 5.91 Å². The number of hydrogen-bond donors (Lipinski definition) is 1. The molecule has 5 rings (SSSR count). The van der Waals surface area contributed by atoms with Gasteiger partial charge in [-0.2, -0.15) is 0 Å². The highest BCUT2D eigenvalue weighted by Crippen LogP contribution is 2.30. The first kappa shape index (κ1) is 16.7. The Balaban J connectivity index is 1.31. The molecule has 0 radical (unpaired) electrons. The minimum Gasteiger partial charge on any atom is -0.454 e. The van der Waals surface area contributed by atoms with Gasteiger partial charge in [0.2, 0.25) is 5.91 Å². The van der Waals surface area contributed by atoms with E-state index in [0.29, 0.717) is 17.3 Å². The molecule has 0 bridgehead atoms. The Labute approximate surface area is 165 Å². The van der Waals surface area contributed by atoms with Crippen LogP contribution in [-0.2, 0) is 11.2 Å². The zero-order valence-corrected chi connectivity index (χ0v) is 15.7. The number of nitrogens with one attached hydrogen (secondary N) is 1. The number of amides is 1. The lowest BCUT2D eigenvalue weighted by Crippen LogP contribution is -2.14. The summed E-state index contributed by atoms with van der Waals surface area (Å²) < 4.78 is 5.84. The number of thiazole rings is 1. The van der Waals surface area contributed by atoms with E-state index in [1.54, 1.807) is 0 Å². The van der Waals surface area contributed by atoms with E-state index in [9.17, 15) is 4.79 Å². The highest BCUT2D eigenvalue weighted by molar-refractivity contribution is 7.14. The molecule has 0 saturated heterocycles. The van der Waals surface area contributed by atoms with Gasteiger partial charge in [0, 0.05) is 10.8 Å². The maximum absolute atomic E-state index is 12.4. The fourth-order valence-corrected chi connectivity index (χ4v) is 3.97. The number of para-hydroxylation sites is 1. The summed E-state index contributed by atoms with van der Waals surface area (Å²) in [6.45, 7) is 0. The van der Waals surface area contributed by atoms with Crippen LogP contribution in [0.5, 0.6) is 0 Å². The maximum Gasteiger partial charge on any atom is 0.230 e. The fourth-order valence-electron chi connectivity index (χ4n) is 3.25. The second-order valence-corrected chi connectivity index (χ2v) is 7.45. The van der Waals surface area contributed by atoms with Gasteiger partial charge < -0.3 is 9.73 Å². The minimum absolute atomic E-state index is 0.0826. The lowest BCUT2D eigenvalue weighted by Gasteiger charge is -2.04. The van der Waals surface area contributed by atoms with Gasteiger partial charge in [0.15, 0.2) is 10.9 Å². The van der Waals surface area contributed by atoms with Crippen molar-refractivity contribution >= 4 is 44.1 Å². The molecular formula is C23H16N2O2S. The first-order valence-electron chi connectivity index (χ1n) is 8.97. The van der Waals surface area contributed by atoms with Gasteiger partial charge in [0.1, 0.15) is 11.3 Å². The summed E-state index contributed by atoms with van der Waals surface area (Å²) >= 11 is 1.39. The number of rotatable bonds is 4. The number of anilines is 1. The van der Waals surface area contributed by atoms with Crippen molar-refractivity contribution in [3.63, 3.8) is 0 Å². The van der Waals surface area contributed by atoms with E-state index >= 15 is 0 Å². The zero-order valence-electron chi connectivity index (χ0n) is 14.9. The third-order valence-corrected chi connectivity index (χ3v) is 5.36. The number of furan rings is 1. The average Bonchev–Trinajstić information content (AvgIpc) is 3.34. The Morgan fingerprint density at radius 2 is 1.71 bits per heavy atom. The smallest absolute Gasteiger partial charge is 0.230 e. The van der Waals surface area contributed by atoms with Crippen molar-refractivity contribution in [2.45, 2.75) is 6.42 Å². The summed E-state index contributed by atoms with van der Waals surface area (Å²) in [5, 5.41) is 8.69. The van der Waals surface area contributed by atoms with Crippen molar-refractivity contribution in [1.82, 2.24) is 4.98 Å². The second kappa shape index (κ2) is 6.94. The number of aromatic nitrogens is 1. The Hall–Kier alpha value is -3.44. The Morgan fingerprint density at radius 3 is 2.57 bits per heavy atom. The summed E-state index contributed by atoms with van der Waals surface area (Å²) in [6, 6.07) is 24.0. The predicted molar refractivity (Wildman–Crippen MR) is 114 cm³/mol. The van der Waals surface area contributed by atoms with Gasteiger partial charge in [0.05, 0.1) is 6.42 Å². The maximum atomic E-state index is 12.4. The largest absolute Gasteiger partial charge is 0.454 e. The molecular weight excluding hydrogens is 368 g/mol. The topological polar surface area (TPSA) is 55.1 Å². The van der Waals surface area contributed by atoms with Crippen LogP contribution in [0.3, 0.4) is 0 Å². The molecule has 0 fully saturated rings. The molecule has 2 heterocycles. The van der Waals surface area contributed by atoms with Crippen LogP contribution in [0.25, 0.3) is 33.2 Å². The van der Waals surface area contributed by atoms with Crippen molar-refractivity contribution in [3.05, 3.63) is 83.7 Å². The third kappa shape index (κ3) is 3.28. The fraction of sp³-hybridized carbons (Fsp3) is 0.0435. The predicted octanol–water partition coefficient (Wildman–Crippen LogP) is 5.89. The highest BCUT2D eigenvalue weighted by Gasteiger charge is 2.12. The van der Waals surface area contributed by atoms with E-state index in [0.717, 1.165) is 27.6 Å². The van der Waals surface area contributed by atoms with Crippen molar-refractivity contribution in [3.8, 4) is 11.5 Å². The number of carbonyl (C=O) groups excluding carboxylic acids is 1. The van der Waals surface area contributed by atoms with Crippen LogP contribution in [0.4, 0.5) is 5.13 Å². The van der Waals surface area contributed by atoms with Gasteiger partial charge in [-0.1, -0.05) is 60.7 Å². The molecule has 3 aromatic carbocycles. The molecule has 1 amide bonds. The van der Waals surface area contributed by atoms with Crippen molar-refractivity contribution in [2.75, 3.05) is 5.32 Å². The summed E-state index contributed by atoms with van der Waals surface area (Å²) in [5.41, 5.74) is 2.53. The van der Waals surface area contributed by atoms with Crippen LogP contribution in [0.15, 0.2) is 82.6 Å². The quantitative estimate of drug-likeness (QED) is 0.420. The third-order valence-electron chi connectivity index (χ3n) is 4.61.